The van der Waals surface area contributed by atoms with E-state index in [-0.39, 0.29) is 5.16 Å². The average Bonchev–Trinajstić information content (AvgIpc) is 2.73. The van der Waals surface area contributed by atoms with E-state index in [4.69, 9.17) is 4.74 Å². The summed E-state index contributed by atoms with van der Waals surface area (Å²) < 4.78 is 31.4. The topological polar surface area (TPSA) is 84.4 Å². The normalized spacial score (nSPS) is 23.6. The number of nitrogens with zero attached hydrogens (tertiary/aromatic N) is 3. The van der Waals surface area contributed by atoms with Crippen molar-refractivity contribution < 1.29 is 13.2 Å². The molecule has 5 rings (SSSR count). The second-order valence-electron chi connectivity index (χ2n) is 8.68. The fourth-order valence-electron chi connectivity index (χ4n) is 5.23. The van der Waals surface area contributed by atoms with Gasteiger partial charge in [-0.1, -0.05) is 18.2 Å². The van der Waals surface area contributed by atoms with Crippen LogP contribution >= 0.6 is 0 Å². The van der Waals surface area contributed by atoms with Crippen molar-refractivity contribution in [3.63, 3.8) is 0 Å². The molecule has 0 bridgehead atoms. The lowest BCUT2D eigenvalue weighted by atomic mass is 9.73. The SMILES string of the molecule is Cc1cccc2c1C1(CCC2)CCc2c(nc(S(C)(=O)=O)nc2N2CCNCC2)O1. The van der Waals surface area contributed by atoms with Crippen LogP contribution in [0.2, 0.25) is 0 Å². The van der Waals surface area contributed by atoms with Gasteiger partial charge in [0.05, 0.1) is 5.56 Å². The summed E-state index contributed by atoms with van der Waals surface area (Å²) in [7, 11) is -3.55. The fraction of sp³-hybridized carbons (Fsp3) is 0.545. The van der Waals surface area contributed by atoms with Crippen LogP contribution < -0.4 is 15.0 Å². The Morgan fingerprint density at radius 3 is 2.70 bits per heavy atom. The lowest BCUT2D eigenvalue weighted by molar-refractivity contribution is 0.0186. The minimum atomic E-state index is -3.55. The van der Waals surface area contributed by atoms with Crippen LogP contribution in [0, 0.1) is 6.92 Å². The van der Waals surface area contributed by atoms with Crippen molar-refractivity contribution >= 4 is 15.7 Å². The van der Waals surface area contributed by atoms with Gasteiger partial charge in [-0.2, -0.15) is 4.98 Å². The molecule has 1 unspecified atom stereocenters. The van der Waals surface area contributed by atoms with Crippen molar-refractivity contribution in [2.75, 3.05) is 37.3 Å². The lowest BCUT2D eigenvalue weighted by Crippen LogP contribution is -2.45. The quantitative estimate of drug-likeness (QED) is 0.734. The molecule has 2 aliphatic heterocycles. The Hall–Kier alpha value is -2.19. The van der Waals surface area contributed by atoms with Gasteiger partial charge in [-0.15, -0.1) is 0 Å². The minimum absolute atomic E-state index is 0.146. The number of sulfone groups is 1. The summed E-state index contributed by atoms with van der Waals surface area (Å²) in [6, 6.07) is 6.44. The Morgan fingerprint density at radius 2 is 1.93 bits per heavy atom. The van der Waals surface area contributed by atoms with E-state index in [1.807, 2.05) is 0 Å². The van der Waals surface area contributed by atoms with E-state index < -0.39 is 15.4 Å². The Kier molecular flexibility index (Phi) is 4.74. The van der Waals surface area contributed by atoms with E-state index >= 15 is 0 Å². The molecule has 1 saturated heterocycles. The van der Waals surface area contributed by atoms with Gasteiger partial charge in [-0.3, -0.25) is 0 Å². The van der Waals surface area contributed by atoms with Crippen molar-refractivity contribution in [3.8, 4) is 5.88 Å². The van der Waals surface area contributed by atoms with Gasteiger partial charge >= 0.3 is 0 Å². The molecule has 0 amide bonds. The zero-order valence-electron chi connectivity index (χ0n) is 17.6. The first-order chi connectivity index (χ1) is 14.4. The molecule has 1 aromatic heterocycles. The predicted octanol–water partition coefficient (Wildman–Crippen LogP) is 2.15. The molecule has 3 aliphatic rings. The molecule has 160 valence electrons. The second-order valence-corrected chi connectivity index (χ2v) is 10.6. The van der Waals surface area contributed by atoms with Crippen LogP contribution in [-0.2, 0) is 28.3 Å². The van der Waals surface area contributed by atoms with Crippen LogP contribution in [0.1, 0.15) is 41.5 Å². The van der Waals surface area contributed by atoms with Crippen LogP contribution in [0.4, 0.5) is 5.82 Å². The summed E-state index contributed by atoms with van der Waals surface area (Å²) in [6.45, 7) is 5.42. The lowest BCUT2D eigenvalue weighted by Gasteiger charge is -2.44. The molecule has 30 heavy (non-hydrogen) atoms. The second kappa shape index (κ2) is 7.20. The summed E-state index contributed by atoms with van der Waals surface area (Å²) in [4.78, 5) is 11.1. The Balaban J connectivity index is 1.64. The third kappa shape index (κ3) is 3.26. The number of benzene rings is 1. The Bertz CT molecular complexity index is 1100. The Labute approximate surface area is 177 Å². The zero-order valence-corrected chi connectivity index (χ0v) is 18.4. The van der Waals surface area contributed by atoms with Gasteiger partial charge in [0.2, 0.25) is 15.7 Å². The number of aromatic nitrogens is 2. The number of hydrogen-bond donors (Lipinski definition) is 1. The molecular weight excluding hydrogens is 400 g/mol. The molecule has 1 aromatic carbocycles. The summed E-state index contributed by atoms with van der Waals surface area (Å²) in [6.07, 6.45) is 5.84. The highest BCUT2D eigenvalue weighted by molar-refractivity contribution is 7.90. The summed E-state index contributed by atoms with van der Waals surface area (Å²) in [5.74, 6) is 1.17. The molecule has 1 spiro atoms. The molecule has 2 aromatic rings. The predicted molar refractivity (Wildman–Crippen MR) is 115 cm³/mol. The number of ether oxygens (including phenoxy) is 1. The highest BCUT2D eigenvalue weighted by atomic mass is 32.2. The number of hydrogen-bond acceptors (Lipinski definition) is 7. The van der Waals surface area contributed by atoms with Gasteiger partial charge in [0.25, 0.3) is 5.16 Å². The maximum Gasteiger partial charge on any atom is 0.252 e. The summed E-state index contributed by atoms with van der Waals surface area (Å²) in [5, 5.41) is 3.19. The molecule has 7 nitrogen and oxygen atoms in total. The van der Waals surface area contributed by atoms with Crippen molar-refractivity contribution in [2.24, 2.45) is 0 Å². The average molecular weight is 429 g/mol. The van der Waals surface area contributed by atoms with E-state index in [1.54, 1.807) is 0 Å². The molecule has 3 heterocycles. The van der Waals surface area contributed by atoms with Gasteiger partial charge < -0.3 is 15.0 Å². The first kappa shape index (κ1) is 19.8. The van der Waals surface area contributed by atoms with Crippen molar-refractivity contribution in [3.05, 3.63) is 40.5 Å². The molecule has 0 saturated carbocycles. The van der Waals surface area contributed by atoms with Gasteiger partial charge in [-0.25, -0.2) is 13.4 Å². The molecule has 0 radical (unpaired) electrons. The minimum Gasteiger partial charge on any atom is -0.466 e. The number of nitrogens with one attached hydrogen (secondary N) is 1. The molecule has 1 N–H and O–H groups in total. The van der Waals surface area contributed by atoms with E-state index in [0.717, 1.165) is 75.9 Å². The third-order valence-corrected chi connectivity index (χ3v) is 7.43. The Morgan fingerprint density at radius 1 is 1.13 bits per heavy atom. The van der Waals surface area contributed by atoms with Crippen LogP contribution in [0.25, 0.3) is 0 Å². The molecular formula is C22H28N4O3S. The number of rotatable bonds is 2. The van der Waals surface area contributed by atoms with Crippen LogP contribution in [0.3, 0.4) is 0 Å². The van der Waals surface area contributed by atoms with Crippen LogP contribution in [0.5, 0.6) is 5.88 Å². The first-order valence-electron chi connectivity index (χ1n) is 10.7. The fourth-order valence-corrected chi connectivity index (χ4v) is 5.73. The summed E-state index contributed by atoms with van der Waals surface area (Å²) >= 11 is 0. The molecule has 1 atom stereocenters. The maximum absolute atomic E-state index is 12.4. The maximum atomic E-state index is 12.4. The van der Waals surface area contributed by atoms with Gasteiger partial charge in [0.15, 0.2) is 0 Å². The van der Waals surface area contributed by atoms with Gasteiger partial charge in [0, 0.05) is 38.0 Å². The molecule has 8 heteroatoms. The number of aryl methyl sites for hydroxylation is 2. The van der Waals surface area contributed by atoms with E-state index in [0.29, 0.717) is 5.88 Å². The van der Waals surface area contributed by atoms with Crippen LogP contribution in [0.15, 0.2) is 23.4 Å². The van der Waals surface area contributed by atoms with E-state index in [9.17, 15) is 8.42 Å². The standard InChI is InChI=1S/C22H28N4O3S/c1-15-5-3-6-16-7-4-9-22(18(15)16)10-8-17-19(26-13-11-23-12-14-26)24-21(30(2,27)28)25-20(17)29-22/h3,5-6,23H,4,7-14H2,1-2H3. The van der Waals surface area contributed by atoms with Gasteiger partial charge in [-0.05, 0) is 50.2 Å². The van der Waals surface area contributed by atoms with Crippen molar-refractivity contribution in [1.29, 1.82) is 0 Å². The van der Waals surface area contributed by atoms with Gasteiger partial charge in [0.1, 0.15) is 11.4 Å². The first-order valence-corrected chi connectivity index (χ1v) is 12.6. The molecule has 1 fully saturated rings. The van der Waals surface area contributed by atoms with Crippen LogP contribution in [-0.4, -0.2) is 50.8 Å². The van der Waals surface area contributed by atoms with E-state index in [1.165, 1.54) is 16.7 Å². The number of anilines is 1. The monoisotopic (exact) mass is 428 g/mol. The molecule has 1 aliphatic carbocycles. The number of fused-ring (bicyclic) bond motifs is 3. The van der Waals surface area contributed by atoms with Crippen molar-refractivity contribution in [2.45, 2.75) is 49.8 Å². The zero-order chi connectivity index (χ0) is 20.9. The highest BCUT2D eigenvalue weighted by Crippen LogP contribution is 2.48. The summed E-state index contributed by atoms with van der Waals surface area (Å²) in [5.41, 5.74) is 4.34. The van der Waals surface area contributed by atoms with E-state index in [2.05, 4.69) is 45.3 Å². The largest absolute Gasteiger partial charge is 0.466 e. The third-order valence-electron chi connectivity index (χ3n) is 6.59. The van der Waals surface area contributed by atoms with Crippen molar-refractivity contribution in [1.82, 2.24) is 15.3 Å². The smallest absolute Gasteiger partial charge is 0.252 e. The highest BCUT2D eigenvalue weighted by Gasteiger charge is 2.44. The number of piperazine rings is 1.